The smallest absolute Gasteiger partial charge is 0.164 e. The summed E-state index contributed by atoms with van der Waals surface area (Å²) in [7, 11) is 0. The van der Waals surface area contributed by atoms with E-state index in [1.807, 2.05) is 53.7 Å². The van der Waals surface area contributed by atoms with Crippen LogP contribution in [-0.2, 0) is 9.47 Å². The van der Waals surface area contributed by atoms with Crippen molar-refractivity contribution < 1.29 is 9.47 Å². The van der Waals surface area contributed by atoms with Crippen LogP contribution in [-0.4, -0.2) is 22.5 Å². The number of aliphatic imine (C=N–C) groups is 1. The Balaban J connectivity index is 3.08. The van der Waals surface area contributed by atoms with Gasteiger partial charge in [-0.25, -0.2) is 0 Å². The average Bonchev–Trinajstić information content (AvgIpc) is 2.37. The SMILES string of the molecule is CC(C)(C)N=C1C=C(OC(C)(C)C)C(OC(C)(C)C)=C1. The predicted octanol–water partition coefficient (Wildman–Crippen LogP) is 4.64. The lowest BCUT2D eigenvalue weighted by molar-refractivity contribution is 0.00673. The third-order valence-corrected chi connectivity index (χ3v) is 2.10. The fourth-order valence-electron chi connectivity index (χ4n) is 1.72. The third kappa shape index (κ3) is 6.27. The monoisotopic (exact) mass is 279 g/mol. The lowest BCUT2D eigenvalue weighted by atomic mass is 10.1. The minimum Gasteiger partial charge on any atom is -0.484 e. The summed E-state index contributed by atoms with van der Waals surface area (Å²) in [5.41, 5.74) is 0.259. The van der Waals surface area contributed by atoms with E-state index < -0.39 is 0 Å². The van der Waals surface area contributed by atoms with Crippen molar-refractivity contribution in [1.82, 2.24) is 0 Å². The molecular weight excluding hydrogens is 250 g/mol. The molecule has 1 rings (SSSR count). The molecule has 0 saturated carbocycles. The van der Waals surface area contributed by atoms with Gasteiger partial charge in [-0.15, -0.1) is 0 Å². The molecule has 0 saturated heterocycles. The molecule has 3 heteroatoms. The van der Waals surface area contributed by atoms with E-state index in [1.54, 1.807) is 0 Å². The fourth-order valence-corrected chi connectivity index (χ4v) is 1.72. The molecule has 0 atom stereocenters. The Kier molecular flexibility index (Phi) is 4.42. The van der Waals surface area contributed by atoms with Gasteiger partial charge < -0.3 is 9.47 Å². The molecule has 3 nitrogen and oxygen atoms in total. The van der Waals surface area contributed by atoms with Crippen molar-refractivity contribution in [3.8, 4) is 0 Å². The molecule has 0 bridgehead atoms. The molecular formula is C17H29NO2. The Hall–Kier alpha value is -1.25. The van der Waals surface area contributed by atoms with Crippen LogP contribution in [0.2, 0.25) is 0 Å². The van der Waals surface area contributed by atoms with E-state index in [2.05, 4.69) is 25.8 Å². The highest BCUT2D eigenvalue weighted by Crippen LogP contribution is 2.29. The van der Waals surface area contributed by atoms with Gasteiger partial charge in [-0.1, -0.05) is 0 Å². The second-order valence-electron chi connectivity index (χ2n) is 8.15. The van der Waals surface area contributed by atoms with Gasteiger partial charge in [0, 0.05) is 12.2 Å². The zero-order valence-electron chi connectivity index (χ0n) is 14.4. The quantitative estimate of drug-likeness (QED) is 0.737. The molecule has 0 aliphatic heterocycles. The number of nitrogens with zero attached hydrogens (tertiary/aromatic N) is 1. The van der Waals surface area contributed by atoms with E-state index in [9.17, 15) is 0 Å². The van der Waals surface area contributed by atoms with Gasteiger partial charge in [0.1, 0.15) is 11.2 Å². The van der Waals surface area contributed by atoms with Crippen molar-refractivity contribution in [1.29, 1.82) is 0 Å². The van der Waals surface area contributed by atoms with E-state index in [0.717, 1.165) is 17.2 Å². The van der Waals surface area contributed by atoms with Crippen molar-refractivity contribution >= 4 is 5.71 Å². The molecule has 0 aromatic rings. The van der Waals surface area contributed by atoms with Crippen LogP contribution < -0.4 is 0 Å². The minimum absolute atomic E-state index is 0.119. The van der Waals surface area contributed by atoms with Crippen LogP contribution in [0.15, 0.2) is 28.7 Å². The largest absolute Gasteiger partial charge is 0.484 e. The molecule has 0 aromatic carbocycles. The second-order valence-corrected chi connectivity index (χ2v) is 8.15. The first-order chi connectivity index (χ1) is 8.75. The Bertz CT molecular complexity index is 415. The van der Waals surface area contributed by atoms with Crippen molar-refractivity contribution in [3.63, 3.8) is 0 Å². The van der Waals surface area contributed by atoms with Crippen molar-refractivity contribution in [3.05, 3.63) is 23.7 Å². The fraction of sp³-hybridized carbons (Fsp3) is 0.706. The van der Waals surface area contributed by atoms with Gasteiger partial charge in [0.2, 0.25) is 0 Å². The van der Waals surface area contributed by atoms with Crippen LogP contribution in [0.5, 0.6) is 0 Å². The molecule has 1 aliphatic carbocycles. The second kappa shape index (κ2) is 5.27. The van der Waals surface area contributed by atoms with Gasteiger partial charge in [0.15, 0.2) is 11.5 Å². The molecule has 1 aliphatic rings. The van der Waals surface area contributed by atoms with E-state index in [0.29, 0.717) is 0 Å². The minimum atomic E-state index is -0.261. The zero-order chi connectivity index (χ0) is 15.8. The number of hydrogen-bond acceptors (Lipinski definition) is 3. The average molecular weight is 279 g/mol. The van der Waals surface area contributed by atoms with Gasteiger partial charge in [-0.2, -0.15) is 0 Å². The van der Waals surface area contributed by atoms with E-state index in [4.69, 9.17) is 9.47 Å². The first-order valence-electron chi connectivity index (χ1n) is 7.17. The van der Waals surface area contributed by atoms with Crippen LogP contribution in [0.3, 0.4) is 0 Å². The first kappa shape index (κ1) is 16.8. The number of allylic oxidation sites excluding steroid dienone is 2. The van der Waals surface area contributed by atoms with Crippen LogP contribution in [0.4, 0.5) is 0 Å². The maximum Gasteiger partial charge on any atom is 0.164 e. The van der Waals surface area contributed by atoms with E-state index in [-0.39, 0.29) is 16.7 Å². The Morgan fingerprint density at radius 3 is 1.30 bits per heavy atom. The Morgan fingerprint density at radius 2 is 1.05 bits per heavy atom. The molecule has 0 spiro atoms. The predicted molar refractivity (Wildman–Crippen MR) is 85.0 cm³/mol. The first-order valence-corrected chi connectivity index (χ1v) is 7.17. The summed E-state index contributed by atoms with van der Waals surface area (Å²) in [5, 5.41) is 0. The van der Waals surface area contributed by atoms with Gasteiger partial charge >= 0.3 is 0 Å². The molecule has 0 radical (unpaired) electrons. The molecule has 0 fully saturated rings. The van der Waals surface area contributed by atoms with Gasteiger partial charge in [0.25, 0.3) is 0 Å². The summed E-state index contributed by atoms with van der Waals surface area (Å²) >= 11 is 0. The Morgan fingerprint density at radius 1 is 0.700 bits per heavy atom. The van der Waals surface area contributed by atoms with Gasteiger partial charge in [-0.05, 0) is 62.3 Å². The van der Waals surface area contributed by atoms with Gasteiger partial charge in [-0.3, -0.25) is 4.99 Å². The van der Waals surface area contributed by atoms with Crippen LogP contribution in [0.25, 0.3) is 0 Å². The maximum atomic E-state index is 5.99. The highest BCUT2D eigenvalue weighted by Gasteiger charge is 2.26. The normalized spacial score (nSPS) is 16.8. The maximum absolute atomic E-state index is 5.99. The van der Waals surface area contributed by atoms with Crippen LogP contribution in [0.1, 0.15) is 62.3 Å². The highest BCUT2D eigenvalue weighted by atomic mass is 16.6. The van der Waals surface area contributed by atoms with Crippen LogP contribution >= 0.6 is 0 Å². The van der Waals surface area contributed by atoms with Crippen molar-refractivity contribution in [2.24, 2.45) is 4.99 Å². The van der Waals surface area contributed by atoms with E-state index >= 15 is 0 Å². The third-order valence-electron chi connectivity index (χ3n) is 2.10. The van der Waals surface area contributed by atoms with Crippen LogP contribution in [0, 0.1) is 0 Å². The molecule has 0 amide bonds. The molecule has 0 heterocycles. The Labute approximate surface area is 123 Å². The van der Waals surface area contributed by atoms with Crippen molar-refractivity contribution in [2.45, 2.75) is 79.1 Å². The molecule has 0 unspecified atom stereocenters. The number of hydrogen-bond donors (Lipinski definition) is 0. The topological polar surface area (TPSA) is 30.8 Å². The lowest BCUT2D eigenvalue weighted by Crippen LogP contribution is -2.23. The summed E-state index contributed by atoms with van der Waals surface area (Å²) < 4.78 is 12.0. The summed E-state index contributed by atoms with van der Waals surface area (Å²) in [4.78, 5) is 4.67. The van der Waals surface area contributed by atoms with E-state index in [1.165, 1.54) is 0 Å². The summed E-state index contributed by atoms with van der Waals surface area (Å²) in [5.74, 6) is 1.52. The number of rotatable bonds is 2. The summed E-state index contributed by atoms with van der Waals surface area (Å²) in [6.45, 7) is 18.4. The lowest BCUT2D eigenvalue weighted by Gasteiger charge is -2.27. The molecule has 0 aromatic heterocycles. The summed E-state index contributed by atoms with van der Waals surface area (Å²) in [6.07, 6.45) is 3.91. The molecule has 114 valence electrons. The van der Waals surface area contributed by atoms with Gasteiger partial charge in [0.05, 0.1) is 11.3 Å². The zero-order valence-corrected chi connectivity index (χ0v) is 14.4. The molecule has 20 heavy (non-hydrogen) atoms. The highest BCUT2D eigenvalue weighted by molar-refractivity contribution is 6.08. The standard InChI is InChI=1S/C17H29NO2/c1-15(2,3)18-12-10-13(19-16(4,5)6)14(11-12)20-17(7,8)9/h10-11H,1-9H3. The van der Waals surface area contributed by atoms with Crippen molar-refractivity contribution in [2.75, 3.05) is 0 Å². The molecule has 0 N–H and O–H groups in total. The summed E-state index contributed by atoms with van der Waals surface area (Å²) in [6, 6.07) is 0. The number of ether oxygens (including phenoxy) is 2.